The molecule has 1 aliphatic rings. The zero-order chi connectivity index (χ0) is 15.7. The highest BCUT2D eigenvalue weighted by atomic mass is 32.1. The van der Waals surface area contributed by atoms with Crippen molar-refractivity contribution in [3.8, 4) is 0 Å². The maximum atomic E-state index is 13.9. The number of nitrogens with one attached hydrogen (secondary N) is 1. The van der Waals surface area contributed by atoms with Crippen molar-refractivity contribution in [3.63, 3.8) is 0 Å². The van der Waals surface area contributed by atoms with Crippen LogP contribution in [0.15, 0.2) is 23.6 Å². The van der Waals surface area contributed by atoms with Gasteiger partial charge in [-0.25, -0.2) is 13.8 Å². The van der Waals surface area contributed by atoms with E-state index in [1.54, 1.807) is 5.38 Å². The Morgan fingerprint density at radius 3 is 2.86 bits per heavy atom. The van der Waals surface area contributed by atoms with Crippen LogP contribution in [0.3, 0.4) is 0 Å². The minimum atomic E-state index is -0.794. The third-order valence-corrected chi connectivity index (χ3v) is 4.70. The monoisotopic (exact) mass is 322 g/mol. The fourth-order valence-electron chi connectivity index (χ4n) is 2.48. The molecule has 3 nitrogen and oxygen atoms in total. The summed E-state index contributed by atoms with van der Waals surface area (Å²) in [6.07, 6.45) is 3.00. The van der Waals surface area contributed by atoms with Gasteiger partial charge in [-0.15, -0.1) is 11.3 Å². The molecule has 0 saturated heterocycles. The molecule has 1 aliphatic carbocycles. The van der Waals surface area contributed by atoms with Gasteiger partial charge in [-0.2, -0.15) is 0 Å². The average Bonchev–Trinajstić information content (AvgIpc) is 3.10. The second-order valence-electron chi connectivity index (χ2n) is 5.54. The van der Waals surface area contributed by atoms with E-state index >= 15 is 0 Å². The molecule has 1 fully saturated rings. The lowest BCUT2D eigenvalue weighted by Gasteiger charge is -2.18. The molecule has 3 rings (SSSR count). The van der Waals surface area contributed by atoms with Crippen LogP contribution in [-0.4, -0.2) is 10.9 Å². The molecular formula is C16H16F2N2OS. The minimum Gasteiger partial charge on any atom is -0.341 e. The van der Waals surface area contributed by atoms with Crippen molar-refractivity contribution < 1.29 is 13.6 Å². The van der Waals surface area contributed by atoms with E-state index in [4.69, 9.17) is 0 Å². The zero-order valence-electron chi connectivity index (χ0n) is 12.2. The van der Waals surface area contributed by atoms with E-state index in [0.717, 1.165) is 36.0 Å². The molecule has 1 heterocycles. The molecule has 0 atom stereocenters. The van der Waals surface area contributed by atoms with E-state index in [1.165, 1.54) is 11.3 Å². The Morgan fingerprint density at radius 2 is 2.18 bits per heavy atom. The first-order valence-corrected chi connectivity index (χ1v) is 8.14. The largest absolute Gasteiger partial charge is 0.341 e. The highest BCUT2D eigenvalue weighted by Gasteiger charge is 2.48. The van der Waals surface area contributed by atoms with Crippen LogP contribution >= 0.6 is 11.3 Å². The number of hydrogen-bond acceptors (Lipinski definition) is 3. The first-order chi connectivity index (χ1) is 10.5. The summed E-state index contributed by atoms with van der Waals surface area (Å²) in [6, 6.07) is 3.33. The van der Waals surface area contributed by atoms with Crippen LogP contribution in [-0.2, 0) is 12.0 Å². The SMILES string of the molecule is CCCc1nc(C(=O)NC2(c3cc(F)ccc3F)CC2)cs1. The van der Waals surface area contributed by atoms with Crippen molar-refractivity contribution in [1.82, 2.24) is 10.3 Å². The van der Waals surface area contributed by atoms with Gasteiger partial charge in [-0.1, -0.05) is 6.92 Å². The minimum absolute atomic E-state index is 0.213. The molecule has 1 aromatic carbocycles. The summed E-state index contributed by atoms with van der Waals surface area (Å²) in [7, 11) is 0. The smallest absolute Gasteiger partial charge is 0.271 e. The maximum absolute atomic E-state index is 13.9. The number of rotatable bonds is 5. The number of aromatic nitrogens is 1. The summed E-state index contributed by atoms with van der Waals surface area (Å²) in [6.45, 7) is 2.05. The van der Waals surface area contributed by atoms with Gasteiger partial charge in [-0.05, 0) is 43.9 Å². The van der Waals surface area contributed by atoms with E-state index in [1.807, 2.05) is 6.92 Å². The van der Waals surface area contributed by atoms with Gasteiger partial charge in [0.25, 0.3) is 5.91 Å². The van der Waals surface area contributed by atoms with Gasteiger partial charge in [0, 0.05) is 10.9 Å². The summed E-state index contributed by atoms with van der Waals surface area (Å²) < 4.78 is 27.3. The summed E-state index contributed by atoms with van der Waals surface area (Å²) in [5.41, 5.74) is -0.237. The number of hydrogen-bond donors (Lipinski definition) is 1. The number of carbonyl (C=O) groups is 1. The molecule has 1 saturated carbocycles. The first-order valence-electron chi connectivity index (χ1n) is 7.26. The molecule has 0 bridgehead atoms. The van der Waals surface area contributed by atoms with Crippen LogP contribution in [0.4, 0.5) is 8.78 Å². The average molecular weight is 322 g/mol. The van der Waals surface area contributed by atoms with Crippen LogP contribution < -0.4 is 5.32 Å². The molecule has 0 unspecified atom stereocenters. The summed E-state index contributed by atoms with van der Waals surface area (Å²) >= 11 is 1.44. The molecule has 116 valence electrons. The molecule has 22 heavy (non-hydrogen) atoms. The Balaban J connectivity index is 1.79. The Hall–Kier alpha value is -1.82. The first kappa shape index (κ1) is 15.1. The van der Waals surface area contributed by atoms with Crippen molar-refractivity contribution in [3.05, 3.63) is 51.5 Å². The second-order valence-corrected chi connectivity index (χ2v) is 6.48. The fraction of sp³-hybridized carbons (Fsp3) is 0.375. The topological polar surface area (TPSA) is 42.0 Å². The van der Waals surface area contributed by atoms with Gasteiger partial charge >= 0.3 is 0 Å². The predicted molar refractivity (Wildman–Crippen MR) is 80.8 cm³/mol. The number of thiazole rings is 1. The highest BCUT2D eigenvalue weighted by Crippen LogP contribution is 2.46. The Kier molecular flexibility index (Phi) is 3.95. The van der Waals surface area contributed by atoms with Crippen molar-refractivity contribution in [2.75, 3.05) is 0 Å². The fourth-order valence-corrected chi connectivity index (χ4v) is 3.36. The van der Waals surface area contributed by atoms with Crippen molar-refractivity contribution in [1.29, 1.82) is 0 Å². The van der Waals surface area contributed by atoms with E-state index in [2.05, 4.69) is 10.3 Å². The number of aryl methyl sites for hydroxylation is 1. The van der Waals surface area contributed by atoms with Gasteiger partial charge in [0.05, 0.1) is 10.5 Å². The van der Waals surface area contributed by atoms with E-state index < -0.39 is 17.2 Å². The van der Waals surface area contributed by atoms with Crippen molar-refractivity contribution in [2.24, 2.45) is 0 Å². The number of benzene rings is 1. The Morgan fingerprint density at radius 1 is 1.41 bits per heavy atom. The second kappa shape index (κ2) is 5.76. The Labute approximate surface area is 131 Å². The highest BCUT2D eigenvalue weighted by molar-refractivity contribution is 7.09. The summed E-state index contributed by atoms with van der Waals surface area (Å²) in [4.78, 5) is 16.6. The molecular weight excluding hydrogens is 306 g/mol. The lowest BCUT2D eigenvalue weighted by molar-refractivity contribution is 0.0925. The molecule has 2 aromatic rings. The molecule has 6 heteroatoms. The van der Waals surface area contributed by atoms with E-state index in [-0.39, 0.29) is 11.5 Å². The summed E-state index contributed by atoms with van der Waals surface area (Å²) in [5.74, 6) is -1.33. The number of nitrogens with zero attached hydrogens (tertiary/aromatic N) is 1. The quantitative estimate of drug-likeness (QED) is 0.910. The van der Waals surface area contributed by atoms with Gasteiger partial charge in [0.15, 0.2) is 0 Å². The van der Waals surface area contributed by atoms with Gasteiger partial charge in [-0.3, -0.25) is 4.79 Å². The lowest BCUT2D eigenvalue weighted by Crippen LogP contribution is -2.35. The Bertz CT molecular complexity index is 710. The normalized spacial score (nSPS) is 15.6. The summed E-state index contributed by atoms with van der Waals surface area (Å²) in [5, 5.41) is 5.44. The molecule has 0 radical (unpaired) electrons. The van der Waals surface area contributed by atoms with Crippen LogP contribution in [0, 0.1) is 11.6 Å². The third-order valence-electron chi connectivity index (χ3n) is 3.80. The van der Waals surface area contributed by atoms with Gasteiger partial charge < -0.3 is 5.32 Å². The predicted octanol–water partition coefficient (Wildman–Crippen LogP) is 3.79. The zero-order valence-corrected chi connectivity index (χ0v) is 13.0. The molecule has 1 N–H and O–H groups in total. The van der Waals surface area contributed by atoms with E-state index in [9.17, 15) is 13.6 Å². The molecule has 1 aromatic heterocycles. The number of halogens is 2. The van der Waals surface area contributed by atoms with Crippen LogP contribution in [0.2, 0.25) is 0 Å². The van der Waals surface area contributed by atoms with Crippen LogP contribution in [0.25, 0.3) is 0 Å². The molecule has 1 amide bonds. The van der Waals surface area contributed by atoms with Crippen LogP contribution in [0.1, 0.15) is 47.2 Å². The lowest BCUT2D eigenvalue weighted by atomic mass is 10.0. The standard InChI is InChI=1S/C16H16F2N2OS/c1-2-3-14-19-13(9-22-14)15(21)20-16(6-7-16)11-8-10(17)4-5-12(11)18/h4-5,8-9H,2-3,6-7H2,1H3,(H,20,21). The van der Waals surface area contributed by atoms with E-state index in [0.29, 0.717) is 18.5 Å². The van der Waals surface area contributed by atoms with Crippen LogP contribution in [0.5, 0.6) is 0 Å². The van der Waals surface area contributed by atoms with Gasteiger partial charge in [0.1, 0.15) is 17.3 Å². The third kappa shape index (κ3) is 2.88. The molecule has 0 spiro atoms. The maximum Gasteiger partial charge on any atom is 0.271 e. The number of carbonyl (C=O) groups excluding carboxylic acids is 1. The number of amides is 1. The molecule has 0 aliphatic heterocycles. The van der Waals surface area contributed by atoms with Crippen molar-refractivity contribution in [2.45, 2.75) is 38.1 Å². The van der Waals surface area contributed by atoms with Crippen molar-refractivity contribution >= 4 is 17.2 Å². The van der Waals surface area contributed by atoms with Gasteiger partial charge in [0.2, 0.25) is 0 Å².